The first-order valence-electron chi connectivity index (χ1n) is 12.7. The van der Waals surface area contributed by atoms with Crippen molar-refractivity contribution in [3.8, 4) is 28.5 Å². The van der Waals surface area contributed by atoms with Crippen LogP contribution in [0.3, 0.4) is 0 Å². The Kier molecular flexibility index (Phi) is 8.41. The largest absolute Gasteiger partial charge is 0.497 e. The Hall–Kier alpha value is -3.39. The van der Waals surface area contributed by atoms with E-state index in [4.69, 9.17) is 23.9 Å². The molecule has 1 fully saturated rings. The normalized spacial score (nSPS) is 14.1. The van der Waals surface area contributed by atoms with Gasteiger partial charge in [-0.25, -0.2) is 4.79 Å². The molecule has 0 bridgehead atoms. The monoisotopic (exact) mass is 537 g/mol. The van der Waals surface area contributed by atoms with Crippen LogP contribution in [0.5, 0.6) is 17.2 Å². The van der Waals surface area contributed by atoms with Gasteiger partial charge in [0.05, 0.1) is 51.9 Å². The highest BCUT2D eigenvalue weighted by atomic mass is 32.2. The van der Waals surface area contributed by atoms with Crippen molar-refractivity contribution in [2.75, 3.05) is 20.0 Å². The number of carbonyl (C=O) groups excluding carboxylic acids is 1. The average Bonchev–Trinajstić information content (AvgIpc) is 3.69. The molecule has 0 N–H and O–H groups in total. The molecule has 202 valence electrons. The number of nitrogens with zero attached hydrogens (tertiary/aromatic N) is 1. The van der Waals surface area contributed by atoms with Gasteiger partial charge < -0.3 is 18.9 Å². The van der Waals surface area contributed by atoms with Crippen molar-refractivity contribution in [1.82, 2.24) is 4.98 Å². The van der Waals surface area contributed by atoms with Crippen LogP contribution in [0.25, 0.3) is 11.3 Å². The average molecular weight is 538 g/mol. The zero-order valence-electron chi connectivity index (χ0n) is 22.8. The summed E-state index contributed by atoms with van der Waals surface area (Å²) >= 11 is 0. The lowest BCUT2D eigenvalue weighted by Gasteiger charge is -2.22. The summed E-state index contributed by atoms with van der Waals surface area (Å²) in [6, 6.07) is 15.0. The molecule has 4 rings (SSSR count). The molecular weight excluding hydrogens is 502 g/mol. The summed E-state index contributed by atoms with van der Waals surface area (Å²) in [5, 5.41) is 0. The Morgan fingerprint density at radius 1 is 1.05 bits per heavy atom. The lowest BCUT2D eigenvalue weighted by atomic mass is 10.1. The molecular formula is C30H35NO6S. The fraction of sp³-hybridized carbons (Fsp3) is 0.400. The highest BCUT2D eigenvalue weighted by Crippen LogP contribution is 2.41. The predicted molar refractivity (Wildman–Crippen MR) is 147 cm³/mol. The smallest absolute Gasteiger partial charge is 0.341 e. The molecule has 0 amide bonds. The van der Waals surface area contributed by atoms with E-state index < -0.39 is 22.4 Å². The van der Waals surface area contributed by atoms with E-state index in [0.717, 1.165) is 24.2 Å². The number of rotatable bonds is 10. The van der Waals surface area contributed by atoms with Crippen molar-refractivity contribution < 1.29 is 28.0 Å². The minimum Gasteiger partial charge on any atom is -0.497 e. The van der Waals surface area contributed by atoms with E-state index in [2.05, 4.69) is 0 Å². The topological polar surface area (TPSA) is 84.0 Å². The summed E-state index contributed by atoms with van der Waals surface area (Å²) in [5.41, 5.74) is 2.12. The van der Waals surface area contributed by atoms with Crippen molar-refractivity contribution in [3.63, 3.8) is 0 Å². The Morgan fingerprint density at radius 3 is 2.29 bits per heavy atom. The van der Waals surface area contributed by atoms with Gasteiger partial charge in [-0.15, -0.1) is 0 Å². The molecule has 1 unspecified atom stereocenters. The van der Waals surface area contributed by atoms with Gasteiger partial charge >= 0.3 is 5.97 Å². The fourth-order valence-electron chi connectivity index (χ4n) is 3.95. The molecule has 3 aromatic rings. The van der Waals surface area contributed by atoms with Crippen LogP contribution < -0.4 is 14.2 Å². The van der Waals surface area contributed by atoms with Crippen LogP contribution in [0.2, 0.25) is 0 Å². The molecule has 0 radical (unpaired) electrons. The maximum atomic E-state index is 13.0. The molecule has 0 spiro atoms. The van der Waals surface area contributed by atoms with E-state index in [1.165, 1.54) is 0 Å². The lowest BCUT2D eigenvalue weighted by molar-refractivity contribution is 0.00640. The summed E-state index contributed by atoms with van der Waals surface area (Å²) in [6.07, 6.45) is 3.86. The second-order valence-electron chi connectivity index (χ2n) is 10.4. The molecule has 1 aliphatic rings. The number of aryl methyl sites for hydroxylation is 1. The number of hydrogen-bond acceptors (Lipinski definition) is 7. The van der Waals surface area contributed by atoms with Crippen molar-refractivity contribution in [3.05, 3.63) is 65.4 Å². The minimum atomic E-state index is -1.47. The van der Waals surface area contributed by atoms with Gasteiger partial charge in [-0.2, -0.15) is 0 Å². The zero-order valence-corrected chi connectivity index (χ0v) is 23.6. The maximum Gasteiger partial charge on any atom is 0.341 e. The molecule has 1 aliphatic carbocycles. The SMILES string of the molecule is COc1ccc(COc2cccc(OCC3CC3)c2-c2cc(S(C)=O)c(C(=O)OC(C)(C)C)c(C)n2)cc1. The number of aromatic nitrogens is 1. The van der Waals surface area contributed by atoms with Gasteiger partial charge in [0.25, 0.3) is 0 Å². The standard InChI is InChI=1S/C30H35NO6S/c1-19-27(29(32)37-30(2,3)4)26(38(6)33)16-23(31-19)28-24(35-17-20-10-11-20)8-7-9-25(28)36-18-21-12-14-22(34-5)15-13-21/h7-9,12-16,20H,10-11,17-18H2,1-6H3. The summed E-state index contributed by atoms with van der Waals surface area (Å²) in [7, 11) is 0.161. The Morgan fingerprint density at radius 2 is 1.71 bits per heavy atom. The maximum absolute atomic E-state index is 13.0. The summed E-state index contributed by atoms with van der Waals surface area (Å²) in [6.45, 7) is 8.05. The number of ether oxygens (including phenoxy) is 4. The van der Waals surface area contributed by atoms with Crippen molar-refractivity contribution in [1.29, 1.82) is 0 Å². The molecule has 7 nitrogen and oxygen atoms in total. The van der Waals surface area contributed by atoms with Gasteiger partial charge in [0.15, 0.2) is 0 Å². The third-order valence-electron chi connectivity index (χ3n) is 6.05. The van der Waals surface area contributed by atoms with Crippen molar-refractivity contribution in [2.24, 2.45) is 5.92 Å². The predicted octanol–water partition coefficient (Wildman–Crippen LogP) is 6.13. The second-order valence-corrected chi connectivity index (χ2v) is 11.8. The van der Waals surface area contributed by atoms with Crippen LogP contribution in [-0.2, 0) is 22.1 Å². The van der Waals surface area contributed by atoms with E-state index >= 15 is 0 Å². The fourth-order valence-corrected chi connectivity index (χ4v) is 4.75. The number of pyridine rings is 1. The number of benzene rings is 2. The van der Waals surface area contributed by atoms with Gasteiger partial charge in [-0.05, 0) is 82.3 Å². The molecule has 0 saturated heterocycles. The molecule has 38 heavy (non-hydrogen) atoms. The Balaban J connectivity index is 1.75. The lowest BCUT2D eigenvalue weighted by Crippen LogP contribution is -2.25. The van der Waals surface area contributed by atoms with E-state index in [9.17, 15) is 9.00 Å². The van der Waals surface area contributed by atoms with Gasteiger partial charge in [0.1, 0.15) is 29.5 Å². The molecule has 1 saturated carbocycles. The van der Waals surface area contributed by atoms with Gasteiger partial charge in [0, 0.05) is 6.26 Å². The van der Waals surface area contributed by atoms with Crippen LogP contribution in [-0.4, -0.2) is 40.7 Å². The van der Waals surface area contributed by atoms with Gasteiger partial charge in [0.2, 0.25) is 0 Å². The van der Waals surface area contributed by atoms with Crippen LogP contribution in [0.15, 0.2) is 53.4 Å². The number of methoxy groups -OCH3 is 1. The first-order chi connectivity index (χ1) is 18.1. The van der Waals surface area contributed by atoms with E-state index in [1.54, 1.807) is 47.1 Å². The molecule has 1 heterocycles. The van der Waals surface area contributed by atoms with Crippen molar-refractivity contribution in [2.45, 2.75) is 57.6 Å². The van der Waals surface area contributed by atoms with Crippen molar-refractivity contribution >= 4 is 16.8 Å². The van der Waals surface area contributed by atoms with E-state index in [1.807, 2.05) is 42.5 Å². The number of hydrogen-bond donors (Lipinski definition) is 0. The van der Waals surface area contributed by atoms with Crippen LogP contribution >= 0.6 is 0 Å². The summed E-state index contributed by atoms with van der Waals surface area (Å²) in [4.78, 5) is 18.2. The summed E-state index contributed by atoms with van der Waals surface area (Å²) in [5.74, 6) is 1.99. The first-order valence-corrected chi connectivity index (χ1v) is 14.2. The van der Waals surface area contributed by atoms with E-state index in [0.29, 0.717) is 52.5 Å². The molecule has 2 aromatic carbocycles. The van der Waals surface area contributed by atoms with Gasteiger partial charge in [-0.1, -0.05) is 18.2 Å². The van der Waals surface area contributed by atoms with Crippen LogP contribution in [0.4, 0.5) is 0 Å². The van der Waals surface area contributed by atoms with Crippen LogP contribution in [0.1, 0.15) is 55.2 Å². The quantitative estimate of drug-likeness (QED) is 0.288. The zero-order chi connectivity index (χ0) is 27.4. The van der Waals surface area contributed by atoms with Crippen LogP contribution in [0, 0.1) is 12.8 Å². The highest BCUT2D eigenvalue weighted by Gasteiger charge is 2.28. The van der Waals surface area contributed by atoms with Gasteiger partial charge in [-0.3, -0.25) is 9.19 Å². The third-order valence-corrected chi connectivity index (χ3v) is 6.99. The number of carbonyl (C=O) groups is 1. The number of esters is 1. The minimum absolute atomic E-state index is 0.224. The third kappa shape index (κ3) is 6.92. The molecule has 1 aromatic heterocycles. The second kappa shape index (κ2) is 11.6. The molecule has 0 aliphatic heterocycles. The summed E-state index contributed by atoms with van der Waals surface area (Å²) < 4.78 is 36.2. The highest BCUT2D eigenvalue weighted by molar-refractivity contribution is 7.84. The Labute approximate surface area is 226 Å². The molecule has 1 atom stereocenters. The first kappa shape index (κ1) is 27.6. The Bertz CT molecular complexity index is 1330. The molecule has 8 heteroatoms. The van der Waals surface area contributed by atoms with E-state index in [-0.39, 0.29) is 5.56 Å².